The maximum absolute atomic E-state index is 6.00. The molecule has 3 atom stereocenters. The molecule has 2 aliphatic rings. The van der Waals surface area contributed by atoms with Crippen molar-refractivity contribution >= 4 is 0 Å². The second-order valence-corrected chi connectivity index (χ2v) is 6.09. The van der Waals surface area contributed by atoms with E-state index in [2.05, 4.69) is 18.7 Å². The Morgan fingerprint density at radius 3 is 2.41 bits per heavy atom. The second-order valence-electron chi connectivity index (χ2n) is 6.09. The molecule has 0 amide bonds. The fraction of sp³-hybridized carbons (Fsp3) is 1.00. The van der Waals surface area contributed by atoms with E-state index in [9.17, 15) is 0 Å². The first-order valence-corrected chi connectivity index (χ1v) is 7.75. The number of hydrogen-bond donors (Lipinski definition) is 1. The Balaban J connectivity index is 1.97. The molecule has 3 unspecified atom stereocenters. The van der Waals surface area contributed by atoms with E-state index in [0.29, 0.717) is 0 Å². The summed E-state index contributed by atoms with van der Waals surface area (Å²) in [4.78, 5) is 2.78. The molecule has 0 aliphatic heterocycles. The number of rotatable bonds is 6. The molecule has 2 N–H and O–H groups in total. The summed E-state index contributed by atoms with van der Waals surface area (Å²) in [7, 11) is 0. The Morgan fingerprint density at radius 1 is 1.12 bits per heavy atom. The average Bonchev–Trinajstić information content (AvgIpc) is 3.15. The molecule has 0 aromatic heterocycles. The van der Waals surface area contributed by atoms with Crippen molar-refractivity contribution in [3.8, 4) is 0 Å². The molecule has 0 bridgehead atoms. The van der Waals surface area contributed by atoms with Crippen molar-refractivity contribution in [3.05, 3.63) is 0 Å². The van der Waals surface area contributed by atoms with Gasteiger partial charge >= 0.3 is 0 Å². The summed E-state index contributed by atoms with van der Waals surface area (Å²) in [5.41, 5.74) is 6.00. The fourth-order valence-electron chi connectivity index (χ4n) is 3.82. The Morgan fingerprint density at radius 2 is 1.88 bits per heavy atom. The lowest BCUT2D eigenvalue weighted by Gasteiger charge is -2.42. The van der Waals surface area contributed by atoms with E-state index in [4.69, 9.17) is 5.73 Å². The van der Waals surface area contributed by atoms with Crippen molar-refractivity contribution in [2.75, 3.05) is 13.1 Å². The Bertz CT molecular complexity index is 225. The van der Waals surface area contributed by atoms with Gasteiger partial charge in [0, 0.05) is 12.1 Å². The highest BCUT2D eigenvalue weighted by atomic mass is 15.2. The molecule has 2 aliphatic carbocycles. The molecule has 2 fully saturated rings. The number of hydrogen-bond acceptors (Lipinski definition) is 2. The van der Waals surface area contributed by atoms with Crippen molar-refractivity contribution in [1.29, 1.82) is 0 Å². The van der Waals surface area contributed by atoms with Gasteiger partial charge in [-0.05, 0) is 50.6 Å². The maximum atomic E-state index is 6.00. The van der Waals surface area contributed by atoms with Crippen LogP contribution in [0.15, 0.2) is 0 Å². The van der Waals surface area contributed by atoms with Gasteiger partial charge in [-0.2, -0.15) is 0 Å². The molecule has 2 rings (SSSR count). The van der Waals surface area contributed by atoms with E-state index >= 15 is 0 Å². The monoisotopic (exact) mass is 238 g/mol. The topological polar surface area (TPSA) is 29.3 Å². The van der Waals surface area contributed by atoms with E-state index in [0.717, 1.165) is 30.5 Å². The maximum Gasteiger partial charge on any atom is 0.0141 e. The van der Waals surface area contributed by atoms with Crippen LogP contribution in [0.1, 0.15) is 58.8 Å². The summed E-state index contributed by atoms with van der Waals surface area (Å²) in [6, 6.07) is 1.70. The first-order chi connectivity index (χ1) is 8.30. The molecule has 2 heteroatoms. The lowest BCUT2D eigenvalue weighted by Crippen LogP contribution is -2.47. The van der Waals surface area contributed by atoms with E-state index in [1.54, 1.807) is 0 Å². The lowest BCUT2D eigenvalue weighted by molar-refractivity contribution is 0.0768. The minimum absolute atomic E-state index is 0.767. The SMILES string of the molecule is CCCC1CCC(CN)C(N(CC)C2CC2)C1. The number of nitrogens with two attached hydrogens (primary N) is 1. The lowest BCUT2D eigenvalue weighted by atomic mass is 9.76. The summed E-state index contributed by atoms with van der Waals surface area (Å²) >= 11 is 0. The molecule has 2 nitrogen and oxygen atoms in total. The molecule has 0 heterocycles. The normalized spacial score (nSPS) is 34.2. The number of nitrogens with zero attached hydrogens (tertiary/aromatic N) is 1. The standard InChI is InChI=1S/C15H30N2/c1-3-5-12-6-7-13(11-16)15(10-12)17(4-2)14-8-9-14/h12-15H,3-11,16H2,1-2H3. The Hall–Kier alpha value is -0.0800. The quantitative estimate of drug-likeness (QED) is 0.771. The van der Waals surface area contributed by atoms with Crippen molar-refractivity contribution in [3.63, 3.8) is 0 Å². The van der Waals surface area contributed by atoms with E-state index in [-0.39, 0.29) is 0 Å². The van der Waals surface area contributed by atoms with Gasteiger partial charge in [0.25, 0.3) is 0 Å². The van der Waals surface area contributed by atoms with E-state index in [1.807, 2.05) is 0 Å². The van der Waals surface area contributed by atoms with Crippen LogP contribution in [0.25, 0.3) is 0 Å². The Kier molecular flexibility index (Phi) is 4.87. The van der Waals surface area contributed by atoms with E-state index in [1.165, 1.54) is 51.5 Å². The van der Waals surface area contributed by atoms with Gasteiger partial charge in [0.05, 0.1) is 0 Å². The highest BCUT2D eigenvalue weighted by Crippen LogP contribution is 2.39. The first-order valence-electron chi connectivity index (χ1n) is 7.75. The predicted molar refractivity (Wildman–Crippen MR) is 74.0 cm³/mol. The minimum atomic E-state index is 0.767. The molecular weight excluding hydrogens is 208 g/mol. The minimum Gasteiger partial charge on any atom is -0.330 e. The van der Waals surface area contributed by atoms with Crippen LogP contribution in [0.2, 0.25) is 0 Å². The largest absolute Gasteiger partial charge is 0.330 e. The van der Waals surface area contributed by atoms with Crippen molar-refractivity contribution in [1.82, 2.24) is 4.90 Å². The predicted octanol–water partition coefficient (Wildman–Crippen LogP) is 3.01. The van der Waals surface area contributed by atoms with Gasteiger partial charge in [-0.1, -0.05) is 33.1 Å². The average molecular weight is 238 g/mol. The molecule has 0 spiro atoms. The van der Waals surface area contributed by atoms with E-state index < -0.39 is 0 Å². The molecule has 0 aromatic carbocycles. The highest BCUT2D eigenvalue weighted by Gasteiger charge is 2.39. The third-order valence-corrected chi connectivity index (χ3v) is 4.87. The molecule has 100 valence electrons. The zero-order chi connectivity index (χ0) is 12.3. The van der Waals surface area contributed by atoms with Gasteiger partial charge in [-0.15, -0.1) is 0 Å². The molecular formula is C15H30N2. The van der Waals surface area contributed by atoms with Crippen LogP contribution in [0.4, 0.5) is 0 Å². The van der Waals surface area contributed by atoms with Gasteiger partial charge in [0.15, 0.2) is 0 Å². The summed E-state index contributed by atoms with van der Waals surface area (Å²) in [5, 5.41) is 0. The first kappa shape index (κ1) is 13.4. The third-order valence-electron chi connectivity index (χ3n) is 4.87. The van der Waals surface area contributed by atoms with Crippen LogP contribution >= 0.6 is 0 Å². The van der Waals surface area contributed by atoms with Gasteiger partial charge in [0.2, 0.25) is 0 Å². The van der Waals surface area contributed by atoms with Crippen LogP contribution in [0.3, 0.4) is 0 Å². The molecule has 0 aromatic rings. The molecule has 17 heavy (non-hydrogen) atoms. The van der Waals surface area contributed by atoms with Gasteiger partial charge in [-0.3, -0.25) is 4.90 Å². The van der Waals surface area contributed by atoms with Crippen LogP contribution in [0, 0.1) is 11.8 Å². The second kappa shape index (κ2) is 6.19. The van der Waals surface area contributed by atoms with Crippen molar-refractivity contribution < 1.29 is 0 Å². The summed E-state index contributed by atoms with van der Waals surface area (Å²) in [5.74, 6) is 1.74. The smallest absolute Gasteiger partial charge is 0.0141 e. The van der Waals surface area contributed by atoms with Gasteiger partial charge in [-0.25, -0.2) is 0 Å². The molecule has 0 saturated heterocycles. The summed E-state index contributed by atoms with van der Waals surface area (Å²) < 4.78 is 0. The van der Waals surface area contributed by atoms with Crippen LogP contribution in [0.5, 0.6) is 0 Å². The Labute approximate surface area is 107 Å². The van der Waals surface area contributed by atoms with Crippen LogP contribution in [-0.4, -0.2) is 30.1 Å². The molecule has 2 saturated carbocycles. The molecule has 0 radical (unpaired) electrons. The highest BCUT2D eigenvalue weighted by molar-refractivity contribution is 4.94. The third kappa shape index (κ3) is 3.23. The summed E-state index contributed by atoms with van der Waals surface area (Å²) in [6.45, 7) is 6.77. The van der Waals surface area contributed by atoms with Gasteiger partial charge in [0.1, 0.15) is 0 Å². The zero-order valence-electron chi connectivity index (χ0n) is 11.7. The van der Waals surface area contributed by atoms with Crippen LogP contribution in [-0.2, 0) is 0 Å². The van der Waals surface area contributed by atoms with Crippen LogP contribution < -0.4 is 5.73 Å². The van der Waals surface area contributed by atoms with Gasteiger partial charge < -0.3 is 5.73 Å². The zero-order valence-corrected chi connectivity index (χ0v) is 11.7. The fourth-order valence-corrected chi connectivity index (χ4v) is 3.82. The van der Waals surface area contributed by atoms with Crippen molar-refractivity contribution in [2.24, 2.45) is 17.6 Å². The van der Waals surface area contributed by atoms with Crippen molar-refractivity contribution in [2.45, 2.75) is 70.9 Å². The summed E-state index contributed by atoms with van der Waals surface area (Å²) in [6.07, 6.45) is 9.85.